The van der Waals surface area contributed by atoms with Gasteiger partial charge in [-0.15, -0.1) is 6.58 Å². The predicted molar refractivity (Wildman–Crippen MR) is 226 cm³/mol. The van der Waals surface area contributed by atoms with Gasteiger partial charge in [0, 0.05) is 12.8 Å². The van der Waals surface area contributed by atoms with Crippen LogP contribution in [0.5, 0.6) is 0 Å². The third-order valence-electron chi connectivity index (χ3n) is 9.20. The van der Waals surface area contributed by atoms with Gasteiger partial charge < -0.3 is 25.2 Å². The van der Waals surface area contributed by atoms with E-state index in [0.29, 0.717) is 12.8 Å². The standard InChI is InChI=1S/C44H78NO10P/c1-3-5-7-9-11-13-15-17-19-20-22-23-25-27-29-31-33-35-42(46)52-37-40(38-53-56(50,51)54-39-41(45)44(48)49)55-43(47)36-34-32-30-28-26-24-21-18-16-14-12-10-8-6-4-2/h4,11,13,17,19,22-23,40-41H,2-3,5-10,12,14-16,18,20-21,24-39,45H2,1H3,(H,48,49)(H,50,51)/b13-11+,19-17+,23-22+/t40-,41+/m1/s1. The minimum absolute atomic E-state index is 0.154. The molecule has 0 aliphatic rings. The summed E-state index contributed by atoms with van der Waals surface area (Å²) in [7, 11) is -4.72. The lowest BCUT2D eigenvalue weighted by Crippen LogP contribution is -2.34. The van der Waals surface area contributed by atoms with Gasteiger partial charge >= 0.3 is 25.7 Å². The van der Waals surface area contributed by atoms with Gasteiger partial charge in [-0.05, 0) is 64.2 Å². The monoisotopic (exact) mass is 812 g/mol. The van der Waals surface area contributed by atoms with Crippen molar-refractivity contribution in [3.05, 3.63) is 49.1 Å². The third kappa shape index (κ3) is 38.3. The smallest absolute Gasteiger partial charge is 0.472 e. The number of nitrogens with two attached hydrogens (primary N) is 1. The van der Waals surface area contributed by atoms with Crippen LogP contribution < -0.4 is 5.73 Å². The van der Waals surface area contributed by atoms with Crippen LogP contribution in [0.25, 0.3) is 0 Å². The van der Waals surface area contributed by atoms with Crippen molar-refractivity contribution >= 4 is 25.7 Å². The molecule has 0 radical (unpaired) electrons. The molecule has 4 N–H and O–H groups in total. The molecule has 0 aromatic carbocycles. The Labute approximate surface area is 339 Å². The zero-order valence-electron chi connectivity index (χ0n) is 34.8. The summed E-state index contributed by atoms with van der Waals surface area (Å²) in [6.45, 7) is 4.27. The van der Waals surface area contributed by atoms with Gasteiger partial charge in [-0.25, -0.2) is 4.57 Å². The molecule has 56 heavy (non-hydrogen) atoms. The zero-order valence-corrected chi connectivity index (χ0v) is 35.7. The van der Waals surface area contributed by atoms with Crippen LogP contribution in [-0.2, 0) is 37.5 Å². The Hall–Kier alpha value is -2.56. The second kappa shape index (κ2) is 39.3. The molecule has 3 atom stereocenters. The lowest BCUT2D eigenvalue weighted by molar-refractivity contribution is -0.161. The second-order valence-corrected chi connectivity index (χ2v) is 16.0. The number of aliphatic carboxylic acids is 1. The zero-order chi connectivity index (χ0) is 41.4. The Balaban J connectivity index is 4.39. The van der Waals surface area contributed by atoms with Gasteiger partial charge in [0.15, 0.2) is 6.10 Å². The van der Waals surface area contributed by atoms with E-state index in [1.807, 2.05) is 6.08 Å². The van der Waals surface area contributed by atoms with E-state index in [0.717, 1.165) is 70.6 Å². The number of phosphoric ester groups is 1. The number of hydrogen-bond acceptors (Lipinski definition) is 9. The van der Waals surface area contributed by atoms with Crippen molar-refractivity contribution in [1.82, 2.24) is 0 Å². The van der Waals surface area contributed by atoms with Gasteiger partial charge in [-0.2, -0.15) is 0 Å². The minimum atomic E-state index is -4.72. The molecule has 0 aromatic rings. The van der Waals surface area contributed by atoms with Gasteiger partial charge in [-0.3, -0.25) is 23.4 Å². The fraction of sp³-hybridized carbons (Fsp3) is 0.750. The van der Waals surface area contributed by atoms with Crippen LogP contribution in [0.15, 0.2) is 49.1 Å². The number of rotatable bonds is 41. The lowest BCUT2D eigenvalue weighted by Gasteiger charge is -2.20. The van der Waals surface area contributed by atoms with Gasteiger partial charge in [0.2, 0.25) is 0 Å². The molecule has 11 nitrogen and oxygen atoms in total. The number of hydrogen-bond donors (Lipinski definition) is 3. The van der Waals surface area contributed by atoms with Crippen LogP contribution in [0, 0.1) is 0 Å². The fourth-order valence-corrected chi connectivity index (χ4v) is 6.54. The van der Waals surface area contributed by atoms with Crippen molar-refractivity contribution in [2.24, 2.45) is 5.73 Å². The van der Waals surface area contributed by atoms with Crippen LogP contribution in [0.4, 0.5) is 0 Å². The maximum Gasteiger partial charge on any atom is 0.472 e. The van der Waals surface area contributed by atoms with E-state index in [4.69, 9.17) is 24.8 Å². The van der Waals surface area contributed by atoms with Crippen LogP contribution >= 0.6 is 7.82 Å². The average molecular weight is 812 g/mol. The summed E-state index contributed by atoms with van der Waals surface area (Å²) < 4.78 is 32.7. The molecular formula is C44H78NO10P. The first-order chi connectivity index (χ1) is 27.1. The molecule has 0 amide bonds. The predicted octanol–water partition coefficient (Wildman–Crippen LogP) is 11.4. The first-order valence-corrected chi connectivity index (χ1v) is 23.1. The maximum absolute atomic E-state index is 12.6. The molecular weight excluding hydrogens is 733 g/mol. The second-order valence-electron chi connectivity index (χ2n) is 14.6. The van der Waals surface area contributed by atoms with Gasteiger partial charge in [-0.1, -0.05) is 146 Å². The number of allylic oxidation sites excluding steroid dienone is 7. The van der Waals surface area contributed by atoms with Crippen molar-refractivity contribution in [2.45, 2.75) is 192 Å². The number of esters is 2. The summed E-state index contributed by atoms with van der Waals surface area (Å²) in [4.78, 5) is 45.9. The molecule has 324 valence electrons. The highest BCUT2D eigenvalue weighted by Gasteiger charge is 2.28. The Kier molecular flexibility index (Phi) is 37.5. The summed E-state index contributed by atoms with van der Waals surface area (Å²) in [6, 6.07) is -1.53. The number of unbranched alkanes of at least 4 members (excludes halogenated alkanes) is 20. The van der Waals surface area contributed by atoms with Crippen LogP contribution in [0.1, 0.15) is 180 Å². The Bertz CT molecular complexity index is 1130. The van der Waals surface area contributed by atoms with Crippen molar-refractivity contribution in [3.63, 3.8) is 0 Å². The van der Waals surface area contributed by atoms with Gasteiger partial charge in [0.25, 0.3) is 0 Å². The lowest BCUT2D eigenvalue weighted by atomic mass is 10.0. The van der Waals surface area contributed by atoms with Crippen molar-refractivity contribution in [3.8, 4) is 0 Å². The normalized spacial score (nSPS) is 14.0. The number of ether oxygens (including phenoxy) is 2. The molecule has 1 unspecified atom stereocenters. The highest BCUT2D eigenvalue weighted by atomic mass is 31.2. The molecule has 0 spiro atoms. The Morgan fingerprint density at radius 3 is 1.54 bits per heavy atom. The minimum Gasteiger partial charge on any atom is -0.480 e. The molecule has 0 fully saturated rings. The first kappa shape index (κ1) is 53.4. The van der Waals surface area contributed by atoms with Gasteiger partial charge in [0.1, 0.15) is 12.6 Å². The van der Waals surface area contributed by atoms with Crippen molar-refractivity contribution in [2.75, 3.05) is 19.8 Å². The number of carboxylic acid groups (broad SMARTS) is 1. The summed E-state index contributed by atoms with van der Waals surface area (Å²) in [5.41, 5.74) is 5.33. The first-order valence-electron chi connectivity index (χ1n) is 21.6. The molecule has 0 saturated carbocycles. The fourth-order valence-electron chi connectivity index (χ4n) is 5.76. The van der Waals surface area contributed by atoms with E-state index in [1.165, 1.54) is 77.0 Å². The molecule has 12 heteroatoms. The molecule has 0 saturated heterocycles. The largest absolute Gasteiger partial charge is 0.480 e. The van der Waals surface area contributed by atoms with E-state index in [-0.39, 0.29) is 19.4 Å². The molecule has 0 bridgehead atoms. The van der Waals surface area contributed by atoms with E-state index < -0.39 is 51.1 Å². The molecule has 0 rings (SSSR count). The van der Waals surface area contributed by atoms with E-state index in [1.54, 1.807) is 0 Å². The highest BCUT2D eigenvalue weighted by Crippen LogP contribution is 2.43. The number of carboxylic acids is 1. The number of phosphoric acid groups is 1. The summed E-state index contributed by atoms with van der Waals surface area (Å²) in [5.74, 6) is -2.41. The quantitative estimate of drug-likeness (QED) is 0.0232. The van der Waals surface area contributed by atoms with Crippen molar-refractivity contribution in [1.29, 1.82) is 0 Å². The molecule has 0 aliphatic carbocycles. The van der Waals surface area contributed by atoms with Crippen LogP contribution in [0.2, 0.25) is 0 Å². The average Bonchev–Trinajstić information content (AvgIpc) is 3.17. The van der Waals surface area contributed by atoms with Gasteiger partial charge in [0.05, 0.1) is 13.2 Å². The summed E-state index contributed by atoms with van der Waals surface area (Å²) >= 11 is 0. The molecule has 0 aromatic heterocycles. The van der Waals surface area contributed by atoms with Crippen molar-refractivity contribution < 1.29 is 47.5 Å². The number of carbonyl (C=O) groups is 3. The molecule has 0 heterocycles. The molecule has 0 aliphatic heterocycles. The highest BCUT2D eigenvalue weighted by molar-refractivity contribution is 7.47. The Morgan fingerprint density at radius 1 is 0.607 bits per heavy atom. The van der Waals surface area contributed by atoms with E-state index in [2.05, 4.69) is 54.5 Å². The topological polar surface area (TPSA) is 172 Å². The summed E-state index contributed by atoms with van der Waals surface area (Å²) in [6.07, 6.45) is 42.0. The van der Waals surface area contributed by atoms with E-state index >= 15 is 0 Å². The van der Waals surface area contributed by atoms with Crippen LogP contribution in [0.3, 0.4) is 0 Å². The number of carbonyl (C=O) groups excluding carboxylic acids is 2. The van der Waals surface area contributed by atoms with E-state index in [9.17, 15) is 23.8 Å². The third-order valence-corrected chi connectivity index (χ3v) is 10.1. The van der Waals surface area contributed by atoms with Crippen LogP contribution in [-0.4, -0.2) is 59.9 Å². The maximum atomic E-state index is 12.6. The summed E-state index contributed by atoms with van der Waals surface area (Å²) in [5, 5.41) is 8.88. The Morgan fingerprint density at radius 2 is 1.04 bits per heavy atom. The SMILES string of the molecule is C=CCCCCCCCCCCCCCCCC(=O)O[C@H](COC(=O)CCCCCC/C=C/C/C=C/C/C=C/CCCCC)COP(=O)(O)OC[C@H](N)C(=O)O.